The van der Waals surface area contributed by atoms with Crippen molar-refractivity contribution in [3.63, 3.8) is 0 Å². The molecule has 0 heterocycles. The zero-order valence-electron chi connectivity index (χ0n) is 12.1. The van der Waals surface area contributed by atoms with Gasteiger partial charge in [0.05, 0.1) is 22.3 Å². The van der Waals surface area contributed by atoms with Crippen LogP contribution in [0.1, 0.15) is 12.5 Å². The van der Waals surface area contributed by atoms with Gasteiger partial charge >= 0.3 is 6.16 Å². The van der Waals surface area contributed by atoms with Gasteiger partial charge in [-0.2, -0.15) is 0 Å². The van der Waals surface area contributed by atoms with E-state index in [0.29, 0.717) is 26.3 Å². The first-order valence-corrected chi connectivity index (χ1v) is 7.76. The Kier molecular flexibility index (Phi) is 6.28. The highest BCUT2D eigenvalue weighted by atomic mass is 35.5. The SMILES string of the molecule is CCOC(=O)Oc1ccc(Cl)cc1C=Nc1ccc(Cl)c(Cl)c1. The lowest BCUT2D eigenvalue weighted by Crippen LogP contribution is -2.11. The van der Waals surface area contributed by atoms with Crippen molar-refractivity contribution in [2.45, 2.75) is 6.92 Å². The Bertz CT molecular complexity index is 747. The second-order valence-corrected chi connectivity index (χ2v) is 5.57. The molecule has 0 saturated carbocycles. The molecule has 7 heteroatoms. The molecular formula is C16H12Cl3NO3. The molecule has 0 fully saturated rings. The Balaban J connectivity index is 2.26. The standard InChI is InChI=1S/C16H12Cl3NO3/c1-2-22-16(21)23-15-6-3-11(17)7-10(15)9-20-12-4-5-13(18)14(19)8-12/h3-9H,2H2,1H3. The Labute approximate surface area is 148 Å². The number of hydrogen-bond acceptors (Lipinski definition) is 4. The molecule has 0 spiro atoms. The topological polar surface area (TPSA) is 47.9 Å². The minimum Gasteiger partial charge on any atom is -0.434 e. The van der Waals surface area contributed by atoms with Gasteiger partial charge in [-0.25, -0.2) is 4.79 Å². The monoisotopic (exact) mass is 371 g/mol. The highest BCUT2D eigenvalue weighted by Gasteiger charge is 2.09. The van der Waals surface area contributed by atoms with Crippen LogP contribution in [0.15, 0.2) is 41.4 Å². The number of nitrogens with zero attached hydrogens (tertiary/aromatic N) is 1. The maximum atomic E-state index is 11.5. The molecular weight excluding hydrogens is 361 g/mol. The highest BCUT2D eigenvalue weighted by Crippen LogP contribution is 2.27. The summed E-state index contributed by atoms with van der Waals surface area (Å²) in [4.78, 5) is 15.7. The summed E-state index contributed by atoms with van der Waals surface area (Å²) in [6, 6.07) is 9.77. The van der Waals surface area contributed by atoms with Crippen molar-refractivity contribution in [2.24, 2.45) is 4.99 Å². The van der Waals surface area contributed by atoms with Crippen LogP contribution in [0.5, 0.6) is 5.75 Å². The fourth-order valence-corrected chi connectivity index (χ4v) is 2.13. The van der Waals surface area contributed by atoms with E-state index in [1.54, 1.807) is 43.3 Å². The van der Waals surface area contributed by atoms with E-state index < -0.39 is 6.16 Å². The lowest BCUT2D eigenvalue weighted by molar-refractivity contribution is 0.104. The molecule has 2 aromatic carbocycles. The van der Waals surface area contributed by atoms with Crippen molar-refractivity contribution >= 4 is 52.9 Å². The van der Waals surface area contributed by atoms with Gasteiger partial charge in [-0.05, 0) is 43.3 Å². The number of hydrogen-bond donors (Lipinski definition) is 0. The molecule has 0 aliphatic heterocycles. The summed E-state index contributed by atoms with van der Waals surface area (Å²) in [7, 11) is 0. The van der Waals surface area contributed by atoms with Gasteiger partial charge in [-0.1, -0.05) is 34.8 Å². The maximum Gasteiger partial charge on any atom is 0.513 e. The van der Waals surface area contributed by atoms with Gasteiger partial charge in [0.15, 0.2) is 0 Å². The Morgan fingerprint density at radius 2 is 1.91 bits per heavy atom. The predicted molar refractivity (Wildman–Crippen MR) is 92.8 cm³/mol. The summed E-state index contributed by atoms with van der Waals surface area (Å²) in [5, 5.41) is 1.33. The molecule has 0 bridgehead atoms. The molecule has 0 N–H and O–H groups in total. The number of ether oxygens (including phenoxy) is 2. The van der Waals surface area contributed by atoms with E-state index in [0.717, 1.165) is 0 Å². The summed E-state index contributed by atoms with van der Waals surface area (Å²) < 4.78 is 9.87. The molecule has 4 nitrogen and oxygen atoms in total. The summed E-state index contributed by atoms with van der Waals surface area (Å²) in [6.07, 6.45) is 0.721. The zero-order chi connectivity index (χ0) is 16.8. The lowest BCUT2D eigenvalue weighted by atomic mass is 10.2. The third-order valence-corrected chi connectivity index (χ3v) is 3.66. The Morgan fingerprint density at radius 1 is 1.13 bits per heavy atom. The van der Waals surface area contributed by atoms with Crippen molar-refractivity contribution < 1.29 is 14.3 Å². The molecule has 2 aromatic rings. The van der Waals surface area contributed by atoms with Crippen LogP contribution in [-0.4, -0.2) is 19.0 Å². The second-order valence-electron chi connectivity index (χ2n) is 4.32. The van der Waals surface area contributed by atoms with Gasteiger partial charge in [-0.15, -0.1) is 0 Å². The van der Waals surface area contributed by atoms with Crippen LogP contribution in [0.4, 0.5) is 10.5 Å². The maximum absolute atomic E-state index is 11.5. The quantitative estimate of drug-likeness (QED) is 0.379. The van der Waals surface area contributed by atoms with E-state index in [1.807, 2.05) is 0 Å². The summed E-state index contributed by atoms with van der Waals surface area (Å²) in [6.45, 7) is 1.91. The van der Waals surface area contributed by atoms with Gasteiger partial charge in [0, 0.05) is 16.8 Å². The fraction of sp³-hybridized carbons (Fsp3) is 0.125. The van der Waals surface area contributed by atoms with Crippen LogP contribution >= 0.6 is 34.8 Å². The molecule has 0 aliphatic carbocycles. The Morgan fingerprint density at radius 3 is 2.61 bits per heavy atom. The third kappa shape index (κ3) is 5.13. The van der Waals surface area contributed by atoms with Gasteiger partial charge in [-0.3, -0.25) is 4.99 Å². The first kappa shape index (κ1) is 17.6. The first-order valence-electron chi connectivity index (χ1n) is 6.63. The summed E-state index contributed by atoms with van der Waals surface area (Å²) >= 11 is 17.8. The van der Waals surface area contributed by atoms with E-state index in [9.17, 15) is 4.79 Å². The average molecular weight is 373 g/mol. The molecule has 0 atom stereocenters. The largest absolute Gasteiger partial charge is 0.513 e. The molecule has 0 amide bonds. The zero-order valence-corrected chi connectivity index (χ0v) is 14.3. The number of carbonyl (C=O) groups excluding carboxylic acids is 1. The minimum absolute atomic E-state index is 0.221. The molecule has 0 saturated heterocycles. The normalized spacial score (nSPS) is 10.8. The minimum atomic E-state index is -0.793. The number of carbonyl (C=O) groups is 1. The predicted octanol–water partition coefficient (Wildman–Crippen LogP) is 5.93. The van der Waals surface area contributed by atoms with E-state index in [-0.39, 0.29) is 12.4 Å². The Hall–Kier alpha value is -1.75. The van der Waals surface area contributed by atoms with E-state index in [4.69, 9.17) is 44.3 Å². The van der Waals surface area contributed by atoms with E-state index in [2.05, 4.69) is 4.99 Å². The van der Waals surface area contributed by atoms with Crippen LogP contribution in [0.3, 0.4) is 0 Å². The first-order chi connectivity index (χ1) is 11.0. The molecule has 120 valence electrons. The van der Waals surface area contributed by atoms with Gasteiger partial charge in [0.1, 0.15) is 5.75 Å². The molecule has 0 radical (unpaired) electrons. The molecule has 0 unspecified atom stereocenters. The van der Waals surface area contributed by atoms with Crippen molar-refractivity contribution in [2.75, 3.05) is 6.61 Å². The van der Waals surface area contributed by atoms with Gasteiger partial charge < -0.3 is 9.47 Å². The van der Waals surface area contributed by atoms with E-state index in [1.165, 1.54) is 6.21 Å². The van der Waals surface area contributed by atoms with Gasteiger partial charge in [0.2, 0.25) is 0 Å². The summed E-state index contributed by atoms with van der Waals surface area (Å²) in [5.74, 6) is 0.289. The smallest absolute Gasteiger partial charge is 0.434 e. The van der Waals surface area contributed by atoms with Crippen LogP contribution in [-0.2, 0) is 4.74 Å². The van der Waals surface area contributed by atoms with Crippen LogP contribution in [0, 0.1) is 0 Å². The highest BCUT2D eigenvalue weighted by molar-refractivity contribution is 6.42. The lowest BCUT2D eigenvalue weighted by Gasteiger charge is -2.07. The van der Waals surface area contributed by atoms with Crippen molar-refractivity contribution in [3.05, 3.63) is 57.0 Å². The molecule has 0 aromatic heterocycles. The second kappa shape index (κ2) is 8.20. The number of benzene rings is 2. The van der Waals surface area contributed by atoms with Crippen LogP contribution < -0.4 is 4.74 Å². The molecule has 23 heavy (non-hydrogen) atoms. The van der Waals surface area contributed by atoms with Crippen LogP contribution in [0.2, 0.25) is 15.1 Å². The molecule has 0 aliphatic rings. The summed E-state index contributed by atoms with van der Waals surface area (Å²) in [5.41, 5.74) is 1.12. The fourth-order valence-electron chi connectivity index (χ4n) is 1.66. The van der Waals surface area contributed by atoms with Crippen molar-refractivity contribution in [1.82, 2.24) is 0 Å². The van der Waals surface area contributed by atoms with Crippen molar-refractivity contribution in [3.8, 4) is 5.75 Å². The van der Waals surface area contributed by atoms with Gasteiger partial charge in [0.25, 0.3) is 0 Å². The number of aliphatic imine (C=N–C) groups is 1. The molecule has 2 rings (SSSR count). The number of rotatable bonds is 4. The van der Waals surface area contributed by atoms with E-state index >= 15 is 0 Å². The number of halogens is 3. The van der Waals surface area contributed by atoms with Crippen molar-refractivity contribution in [1.29, 1.82) is 0 Å². The third-order valence-electron chi connectivity index (χ3n) is 2.68. The average Bonchev–Trinajstić information content (AvgIpc) is 2.51. The van der Waals surface area contributed by atoms with Crippen LogP contribution in [0.25, 0.3) is 0 Å².